The number of rotatable bonds is 2. The third-order valence-electron chi connectivity index (χ3n) is 1.98. The van der Waals surface area contributed by atoms with Gasteiger partial charge in [0, 0.05) is 15.6 Å². The van der Waals surface area contributed by atoms with E-state index in [2.05, 4.69) is 0 Å². The first-order chi connectivity index (χ1) is 7.90. The Balaban J connectivity index is 3.32. The van der Waals surface area contributed by atoms with Crippen molar-refractivity contribution >= 4 is 23.2 Å². The van der Waals surface area contributed by atoms with E-state index in [0.29, 0.717) is 0 Å². The number of hydrogen-bond acceptors (Lipinski definition) is 2. The van der Waals surface area contributed by atoms with Gasteiger partial charge in [0.05, 0.1) is 0 Å². The molecule has 2 N–H and O–H groups in total. The van der Waals surface area contributed by atoms with Crippen LogP contribution in [0.15, 0.2) is 18.2 Å². The monoisotopic (exact) mass is 280 g/mol. The molecule has 0 aliphatic carbocycles. The van der Waals surface area contributed by atoms with Gasteiger partial charge in [0.2, 0.25) is 5.60 Å². The topological polar surface area (TPSA) is 40.5 Å². The van der Waals surface area contributed by atoms with Crippen LogP contribution in [0.5, 0.6) is 0 Å². The Morgan fingerprint density at radius 2 is 1.76 bits per heavy atom. The van der Waals surface area contributed by atoms with Crippen molar-refractivity contribution in [2.45, 2.75) is 12.0 Å². The van der Waals surface area contributed by atoms with Gasteiger partial charge in [-0.25, -0.2) is 8.78 Å². The summed E-state index contributed by atoms with van der Waals surface area (Å²) in [5, 5.41) is 18.5. The summed E-state index contributed by atoms with van der Waals surface area (Å²) < 4.78 is 25.7. The van der Waals surface area contributed by atoms with Crippen LogP contribution < -0.4 is 0 Å². The highest BCUT2D eigenvalue weighted by atomic mass is 35.5. The van der Waals surface area contributed by atoms with E-state index in [0.717, 1.165) is 12.1 Å². The number of aliphatic hydroxyl groups excluding tert-OH is 1. The molecule has 0 saturated carbocycles. The number of alkyl halides is 2. The second-order valence-corrected chi connectivity index (χ2v) is 4.06. The Hall–Kier alpha value is -0.860. The Morgan fingerprint density at radius 3 is 2.18 bits per heavy atom. The molecule has 0 fully saturated rings. The zero-order valence-corrected chi connectivity index (χ0v) is 9.93. The zero-order chi connectivity index (χ0) is 13.1. The van der Waals surface area contributed by atoms with Gasteiger partial charge >= 0.3 is 0 Å². The van der Waals surface area contributed by atoms with Crippen LogP contribution in [-0.4, -0.2) is 23.2 Å². The lowest BCUT2D eigenvalue weighted by atomic mass is 9.95. The van der Waals surface area contributed by atoms with Crippen LogP contribution in [0.2, 0.25) is 10.0 Å². The smallest absolute Gasteiger partial charge is 0.282 e. The van der Waals surface area contributed by atoms with Crippen LogP contribution in [0.3, 0.4) is 0 Å². The first kappa shape index (κ1) is 14.2. The molecule has 0 aromatic heterocycles. The van der Waals surface area contributed by atoms with Gasteiger partial charge in [-0.1, -0.05) is 35.0 Å². The summed E-state index contributed by atoms with van der Waals surface area (Å²) in [6.45, 7) is -0.636. The highest BCUT2D eigenvalue weighted by Gasteiger charge is 2.38. The maximum absolute atomic E-state index is 12.8. The average molecular weight is 281 g/mol. The van der Waals surface area contributed by atoms with E-state index in [4.69, 9.17) is 28.3 Å². The maximum Gasteiger partial charge on any atom is 0.282 e. The summed E-state index contributed by atoms with van der Waals surface area (Å²) in [7, 11) is 0. The summed E-state index contributed by atoms with van der Waals surface area (Å²) in [5.74, 6) is 3.90. The van der Waals surface area contributed by atoms with E-state index >= 15 is 0 Å². The highest BCUT2D eigenvalue weighted by Crippen LogP contribution is 2.31. The fourth-order valence-electron chi connectivity index (χ4n) is 1.20. The van der Waals surface area contributed by atoms with E-state index in [1.165, 1.54) is 6.07 Å². The van der Waals surface area contributed by atoms with Crippen LogP contribution in [0.4, 0.5) is 8.78 Å². The number of halogens is 4. The molecular formula is C11H8Cl2F2O2. The molecule has 0 bridgehead atoms. The predicted octanol–water partition coefficient (Wildman–Crippen LogP) is 2.44. The molecule has 0 radical (unpaired) electrons. The lowest BCUT2D eigenvalue weighted by Crippen LogP contribution is -2.32. The first-order valence-electron chi connectivity index (χ1n) is 4.48. The minimum atomic E-state index is -3.16. The summed E-state index contributed by atoms with van der Waals surface area (Å²) in [5.41, 5.74) is -2.91. The van der Waals surface area contributed by atoms with Gasteiger partial charge in [-0.2, -0.15) is 0 Å². The Kier molecular flexibility index (Phi) is 4.72. The molecular weight excluding hydrogens is 273 g/mol. The van der Waals surface area contributed by atoms with Crippen molar-refractivity contribution in [3.05, 3.63) is 33.8 Å². The van der Waals surface area contributed by atoms with Crippen LogP contribution in [0.25, 0.3) is 0 Å². The normalized spacial score (nSPS) is 14.1. The second-order valence-electron chi connectivity index (χ2n) is 3.19. The molecule has 6 heteroatoms. The van der Waals surface area contributed by atoms with Gasteiger partial charge in [-0.05, 0) is 18.2 Å². The lowest BCUT2D eigenvalue weighted by Gasteiger charge is -2.22. The molecule has 92 valence electrons. The summed E-state index contributed by atoms with van der Waals surface area (Å²) in [4.78, 5) is 0. The van der Waals surface area contributed by atoms with Crippen molar-refractivity contribution in [2.24, 2.45) is 0 Å². The van der Waals surface area contributed by atoms with Crippen LogP contribution >= 0.6 is 23.2 Å². The van der Waals surface area contributed by atoms with E-state index in [1.807, 2.05) is 11.8 Å². The predicted molar refractivity (Wildman–Crippen MR) is 61.2 cm³/mol. The minimum Gasteiger partial charge on any atom is -0.384 e. The van der Waals surface area contributed by atoms with Crippen molar-refractivity contribution < 1.29 is 19.0 Å². The number of hydrogen-bond donors (Lipinski definition) is 2. The van der Waals surface area contributed by atoms with E-state index < -0.39 is 18.6 Å². The molecule has 17 heavy (non-hydrogen) atoms. The Morgan fingerprint density at radius 1 is 1.24 bits per heavy atom. The molecule has 0 heterocycles. The summed E-state index contributed by atoms with van der Waals surface area (Å²) in [6, 6.07) is 3.63. The second kappa shape index (κ2) is 5.65. The van der Waals surface area contributed by atoms with E-state index in [9.17, 15) is 13.9 Å². The van der Waals surface area contributed by atoms with Crippen LogP contribution in [-0.2, 0) is 5.60 Å². The largest absolute Gasteiger partial charge is 0.384 e. The van der Waals surface area contributed by atoms with Crippen molar-refractivity contribution in [3.8, 4) is 11.8 Å². The average Bonchev–Trinajstić information content (AvgIpc) is 2.24. The number of benzene rings is 1. The molecule has 0 amide bonds. The third kappa shape index (κ3) is 3.30. The quantitative estimate of drug-likeness (QED) is 0.817. The van der Waals surface area contributed by atoms with Crippen molar-refractivity contribution in [3.63, 3.8) is 0 Å². The standard InChI is InChI=1S/C11H8Cl2F2O2/c12-8-4-7(5-9(13)6-8)11(17,10(14)15)2-1-3-16/h4-6,10,16-17H,3H2. The lowest BCUT2D eigenvalue weighted by molar-refractivity contribution is -0.0591. The molecule has 0 aliphatic heterocycles. The molecule has 1 aromatic carbocycles. The van der Waals surface area contributed by atoms with Gasteiger partial charge in [0.25, 0.3) is 6.43 Å². The number of aliphatic hydroxyl groups is 2. The fourth-order valence-corrected chi connectivity index (χ4v) is 1.73. The van der Waals surface area contributed by atoms with Crippen molar-refractivity contribution in [1.29, 1.82) is 0 Å². The van der Waals surface area contributed by atoms with Gasteiger partial charge < -0.3 is 10.2 Å². The molecule has 1 aromatic rings. The summed E-state index contributed by atoms with van der Waals surface area (Å²) >= 11 is 11.3. The van der Waals surface area contributed by atoms with Crippen LogP contribution in [0.1, 0.15) is 5.56 Å². The zero-order valence-electron chi connectivity index (χ0n) is 8.42. The summed E-state index contributed by atoms with van der Waals surface area (Å²) in [6.07, 6.45) is -3.16. The van der Waals surface area contributed by atoms with Gasteiger partial charge in [-0.3, -0.25) is 0 Å². The molecule has 0 aliphatic rings. The molecule has 1 unspecified atom stereocenters. The van der Waals surface area contributed by atoms with Gasteiger partial charge in [0.15, 0.2) is 0 Å². The maximum atomic E-state index is 12.8. The van der Waals surface area contributed by atoms with E-state index in [-0.39, 0.29) is 15.6 Å². The highest BCUT2D eigenvalue weighted by molar-refractivity contribution is 6.34. The van der Waals surface area contributed by atoms with E-state index in [1.54, 1.807) is 0 Å². The Labute approximate surface area is 107 Å². The minimum absolute atomic E-state index is 0.109. The molecule has 1 atom stereocenters. The first-order valence-corrected chi connectivity index (χ1v) is 5.23. The Bertz CT molecular complexity index is 448. The third-order valence-corrected chi connectivity index (χ3v) is 2.41. The van der Waals surface area contributed by atoms with Gasteiger partial charge in [0.1, 0.15) is 6.61 Å². The molecule has 2 nitrogen and oxygen atoms in total. The van der Waals surface area contributed by atoms with Crippen molar-refractivity contribution in [1.82, 2.24) is 0 Å². The SMILES string of the molecule is OCC#CC(O)(c1cc(Cl)cc(Cl)c1)C(F)F. The molecule has 0 spiro atoms. The molecule has 1 rings (SSSR count). The van der Waals surface area contributed by atoms with Crippen molar-refractivity contribution in [2.75, 3.05) is 6.61 Å². The van der Waals surface area contributed by atoms with Gasteiger partial charge in [-0.15, -0.1) is 0 Å². The fraction of sp³-hybridized carbons (Fsp3) is 0.273. The van der Waals surface area contributed by atoms with Crippen LogP contribution in [0, 0.1) is 11.8 Å². The molecule has 0 saturated heterocycles.